The average Bonchev–Trinajstić information content (AvgIpc) is 2.39. The molecule has 0 radical (unpaired) electrons. The highest BCUT2D eigenvalue weighted by molar-refractivity contribution is 5.72. The van der Waals surface area contributed by atoms with E-state index in [1.54, 1.807) is 6.92 Å². The average molecular weight is 252 g/mol. The summed E-state index contributed by atoms with van der Waals surface area (Å²) in [4.78, 5) is 27.2. The number of H-pyrrole nitrogens is 1. The first-order valence-corrected chi connectivity index (χ1v) is 6.04. The number of ether oxygens (including phenoxy) is 1. The maximum absolute atomic E-state index is 11.6. The lowest BCUT2D eigenvalue weighted by atomic mass is 9.97. The zero-order valence-electron chi connectivity index (χ0n) is 10.3. The van der Waals surface area contributed by atoms with E-state index in [1.165, 1.54) is 0 Å². The zero-order valence-corrected chi connectivity index (χ0v) is 10.3. The van der Waals surface area contributed by atoms with Gasteiger partial charge in [0.05, 0.1) is 12.5 Å². The number of anilines is 1. The van der Waals surface area contributed by atoms with Crippen molar-refractivity contribution in [3.05, 3.63) is 16.6 Å². The van der Waals surface area contributed by atoms with Crippen molar-refractivity contribution in [1.29, 1.82) is 0 Å². The van der Waals surface area contributed by atoms with Crippen LogP contribution >= 0.6 is 0 Å². The summed E-state index contributed by atoms with van der Waals surface area (Å²) in [5.41, 5.74) is -0.271. The number of carbonyl (C=O) groups excluding carboxylic acids is 1. The number of nitrogens with zero attached hydrogens (tertiary/aromatic N) is 3. The summed E-state index contributed by atoms with van der Waals surface area (Å²) >= 11 is 0. The Kier molecular flexibility index (Phi) is 3.91. The van der Waals surface area contributed by atoms with Crippen LogP contribution in [0.15, 0.2) is 11.0 Å². The standard InChI is InChI=1S/C11H16N4O3/c1-2-18-10(17)8-3-5-15(6-4-8)11-13-9(16)7-12-14-11/h7-8H,2-6H2,1H3,(H,13,14,16). The van der Waals surface area contributed by atoms with E-state index < -0.39 is 0 Å². The minimum Gasteiger partial charge on any atom is -0.466 e. The van der Waals surface area contributed by atoms with Crippen molar-refractivity contribution in [2.45, 2.75) is 19.8 Å². The Hall–Kier alpha value is -1.92. The highest BCUT2D eigenvalue weighted by Gasteiger charge is 2.26. The molecule has 1 saturated heterocycles. The van der Waals surface area contributed by atoms with Crippen LogP contribution < -0.4 is 10.5 Å². The number of rotatable bonds is 3. The number of nitrogens with one attached hydrogen (secondary N) is 1. The third-order valence-corrected chi connectivity index (χ3v) is 2.98. The van der Waals surface area contributed by atoms with Crippen LogP contribution in [0, 0.1) is 5.92 Å². The van der Waals surface area contributed by atoms with Gasteiger partial charge in [-0.25, -0.2) is 0 Å². The number of hydrogen-bond acceptors (Lipinski definition) is 6. The summed E-state index contributed by atoms with van der Waals surface area (Å²) in [7, 11) is 0. The number of aromatic amines is 1. The summed E-state index contributed by atoms with van der Waals surface area (Å²) in [6, 6.07) is 0. The molecule has 0 aromatic carbocycles. The molecule has 18 heavy (non-hydrogen) atoms. The predicted octanol–water partition coefficient (Wildman–Crippen LogP) is -0.0556. The van der Waals surface area contributed by atoms with Gasteiger partial charge in [0.15, 0.2) is 0 Å². The minimum absolute atomic E-state index is 0.0513. The quantitative estimate of drug-likeness (QED) is 0.758. The molecule has 1 fully saturated rings. The van der Waals surface area contributed by atoms with Gasteiger partial charge < -0.3 is 9.64 Å². The second kappa shape index (κ2) is 5.61. The smallest absolute Gasteiger partial charge is 0.309 e. The van der Waals surface area contributed by atoms with Crippen molar-refractivity contribution in [1.82, 2.24) is 15.2 Å². The molecule has 98 valence electrons. The Morgan fingerprint density at radius 2 is 2.28 bits per heavy atom. The monoisotopic (exact) mass is 252 g/mol. The fourth-order valence-corrected chi connectivity index (χ4v) is 2.03. The van der Waals surface area contributed by atoms with Crippen LogP contribution in [0.1, 0.15) is 19.8 Å². The number of aromatic nitrogens is 3. The van der Waals surface area contributed by atoms with E-state index in [9.17, 15) is 9.59 Å². The summed E-state index contributed by atoms with van der Waals surface area (Å²) in [5, 5.41) is 7.49. The molecule has 2 rings (SSSR count). The largest absolute Gasteiger partial charge is 0.466 e. The van der Waals surface area contributed by atoms with E-state index in [4.69, 9.17) is 4.74 Å². The van der Waals surface area contributed by atoms with Crippen molar-refractivity contribution in [3.63, 3.8) is 0 Å². The van der Waals surface area contributed by atoms with Gasteiger partial charge in [0, 0.05) is 13.1 Å². The third kappa shape index (κ3) is 2.85. The van der Waals surface area contributed by atoms with Gasteiger partial charge in [-0.15, -0.1) is 10.2 Å². The van der Waals surface area contributed by atoms with Crippen LogP contribution in [0.5, 0.6) is 0 Å². The fourth-order valence-electron chi connectivity index (χ4n) is 2.03. The number of esters is 1. The highest BCUT2D eigenvalue weighted by Crippen LogP contribution is 2.20. The van der Waals surface area contributed by atoms with Gasteiger partial charge in [0.25, 0.3) is 5.56 Å². The van der Waals surface area contributed by atoms with Crippen LogP contribution in [0.2, 0.25) is 0 Å². The molecule has 0 aliphatic carbocycles. The molecule has 7 heteroatoms. The molecule has 1 aliphatic rings. The highest BCUT2D eigenvalue weighted by atomic mass is 16.5. The van der Waals surface area contributed by atoms with E-state index in [-0.39, 0.29) is 17.4 Å². The Morgan fingerprint density at radius 3 is 2.89 bits per heavy atom. The third-order valence-electron chi connectivity index (χ3n) is 2.98. The van der Waals surface area contributed by atoms with Crippen LogP contribution in [-0.2, 0) is 9.53 Å². The molecule has 0 bridgehead atoms. The van der Waals surface area contributed by atoms with Gasteiger partial charge in [-0.2, -0.15) is 0 Å². The van der Waals surface area contributed by atoms with Crippen LogP contribution in [-0.4, -0.2) is 40.8 Å². The molecule has 1 aliphatic heterocycles. The Morgan fingerprint density at radius 1 is 1.56 bits per heavy atom. The first kappa shape index (κ1) is 12.5. The van der Waals surface area contributed by atoms with Crippen molar-refractivity contribution < 1.29 is 9.53 Å². The molecule has 0 spiro atoms. The first-order valence-electron chi connectivity index (χ1n) is 6.04. The molecule has 1 N–H and O–H groups in total. The maximum atomic E-state index is 11.6. The summed E-state index contributed by atoms with van der Waals surface area (Å²) in [6.45, 7) is 3.55. The van der Waals surface area contributed by atoms with Crippen LogP contribution in [0.4, 0.5) is 5.95 Å². The van der Waals surface area contributed by atoms with Gasteiger partial charge in [-0.3, -0.25) is 14.6 Å². The Labute approximate surface area is 104 Å². The molecule has 2 heterocycles. The first-order chi connectivity index (χ1) is 8.70. The number of carbonyl (C=O) groups is 1. The van der Waals surface area contributed by atoms with Crippen LogP contribution in [0.25, 0.3) is 0 Å². The predicted molar refractivity (Wildman–Crippen MR) is 64.2 cm³/mol. The zero-order chi connectivity index (χ0) is 13.0. The normalized spacial score (nSPS) is 16.6. The molecule has 1 aromatic rings. The summed E-state index contributed by atoms with van der Waals surface area (Å²) in [6.07, 6.45) is 2.55. The van der Waals surface area contributed by atoms with Crippen molar-refractivity contribution in [3.8, 4) is 0 Å². The summed E-state index contributed by atoms with van der Waals surface area (Å²) < 4.78 is 5.00. The SMILES string of the molecule is CCOC(=O)C1CCN(c2nncc(=O)[nH]2)CC1. The van der Waals surface area contributed by atoms with E-state index in [0.29, 0.717) is 38.5 Å². The molecular weight excluding hydrogens is 236 g/mol. The minimum atomic E-state index is -0.271. The molecular formula is C11H16N4O3. The lowest BCUT2D eigenvalue weighted by Crippen LogP contribution is -2.38. The lowest BCUT2D eigenvalue weighted by Gasteiger charge is -2.30. The van der Waals surface area contributed by atoms with E-state index in [0.717, 1.165) is 6.20 Å². The lowest BCUT2D eigenvalue weighted by molar-refractivity contribution is -0.148. The Balaban J connectivity index is 1.94. The van der Waals surface area contributed by atoms with E-state index in [2.05, 4.69) is 15.2 Å². The van der Waals surface area contributed by atoms with Crippen LogP contribution in [0.3, 0.4) is 0 Å². The molecule has 1 aromatic heterocycles. The second-order valence-electron chi connectivity index (χ2n) is 4.17. The van der Waals surface area contributed by atoms with Gasteiger partial charge in [-0.1, -0.05) is 0 Å². The van der Waals surface area contributed by atoms with Crippen molar-refractivity contribution in [2.75, 3.05) is 24.6 Å². The van der Waals surface area contributed by atoms with E-state index >= 15 is 0 Å². The molecule has 0 saturated carbocycles. The van der Waals surface area contributed by atoms with Crippen molar-refractivity contribution in [2.24, 2.45) is 5.92 Å². The molecule has 0 unspecified atom stereocenters. The van der Waals surface area contributed by atoms with Gasteiger partial charge >= 0.3 is 5.97 Å². The van der Waals surface area contributed by atoms with E-state index in [1.807, 2.05) is 4.90 Å². The summed E-state index contributed by atoms with van der Waals surface area (Å²) in [5.74, 6) is 0.277. The van der Waals surface area contributed by atoms with Gasteiger partial charge in [0.2, 0.25) is 5.95 Å². The van der Waals surface area contributed by atoms with Crippen molar-refractivity contribution >= 4 is 11.9 Å². The van der Waals surface area contributed by atoms with Gasteiger partial charge in [0.1, 0.15) is 6.20 Å². The Bertz CT molecular complexity index is 465. The number of hydrogen-bond donors (Lipinski definition) is 1. The second-order valence-corrected chi connectivity index (χ2v) is 4.17. The van der Waals surface area contributed by atoms with Gasteiger partial charge in [-0.05, 0) is 19.8 Å². The fraction of sp³-hybridized carbons (Fsp3) is 0.636. The number of piperidine rings is 1. The molecule has 0 atom stereocenters. The topological polar surface area (TPSA) is 88.2 Å². The molecule has 0 amide bonds. The maximum Gasteiger partial charge on any atom is 0.309 e. The molecule has 7 nitrogen and oxygen atoms in total.